The lowest BCUT2D eigenvalue weighted by Crippen LogP contribution is -2.42. The first-order chi connectivity index (χ1) is 14.2. The summed E-state index contributed by atoms with van der Waals surface area (Å²) < 4.78 is 15.9. The second kappa shape index (κ2) is 8.86. The van der Waals surface area contributed by atoms with Gasteiger partial charge in [0, 0.05) is 5.69 Å². The van der Waals surface area contributed by atoms with Crippen molar-refractivity contribution in [1.82, 2.24) is 0 Å². The number of rotatable bonds is 5. The Kier molecular flexibility index (Phi) is 6.25. The highest BCUT2D eigenvalue weighted by Gasteiger charge is 2.28. The molecule has 0 saturated carbocycles. The summed E-state index contributed by atoms with van der Waals surface area (Å²) in [5.74, 6) is -0.501. The van der Waals surface area contributed by atoms with Gasteiger partial charge in [0.1, 0.15) is 24.5 Å². The van der Waals surface area contributed by atoms with Crippen molar-refractivity contribution in [2.45, 2.75) is 33.0 Å². The quantitative estimate of drug-likeness (QED) is 0.756. The van der Waals surface area contributed by atoms with Crippen LogP contribution < -0.4 is 15.0 Å². The van der Waals surface area contributed by atoms with Crippen molar-refractivity contribution >= 4 is 29.3 Å². The standard InChI is InChI=1S/C22H24N2O6/c1-22(2,3)30-21(27)23-16-9-10-18-17(11-16)24(19(25)14-28-18)12-20(26)29-13-15-7-5-4-6-8-15/h4-11H,12-14H2,1-3H3,(H,23,27). The minimum absolute atomic E-state index is 0.116. The van der Waals surface area contributed by atoms with Gasteiger partial charge < -0.3 is 14.2 Å². The molecule has 0 aliphatic carbocycles. The summed E-state index contributed by atoms with van der Waals surface area (Å²) in [5, 5.41) is 2.61. The van der Waals surface area contributed by atoms with Gasteiger partial charge in [0.25, 0.3) is 5.91 Å². The number of nitrogens with one attached hydrogen (secondary N) is 1. The number of carbonyl (C=O) groups is 3. The molecule has 1 N–H and O–H groups in total. The van der Waals surface area contributed by atoms with Gasteiger partial charge in [-0.1, -0.05) is 30.3 Å². The first-order valence-electron chi connectivity index (χ1n) is 9.48. The van der Waals surface area contributed by atoms with Crippen LogP contribution in [0.1, 0.15) is 26.3 Å². The maximum atomic E-state index is 12.4. The highest BCUT2D eigenvalue weighted by Crippen LogP contribution is 2.34. The molecule has 0 radical (unpaired) electrons. The molecule has 0 spiro atoms. The highest BCUT2D eigenvalue weighted by atomic mass is 16.6. The summed E-state index contributed by atoms with van der Waals surface area (Å²) in [5.41, 5.74) is 0.982. The number of esters is 1. The van der Waals surface area contributed by atoms with E-state index in [0.717, 1.165) is 5.56 Å². The largest absolute Gasteiger partial charge is 0.482 e. The molecule has 8 heteroatoms. The van der Waals surface area contributed by atoms with E-state index in [9.17, 15) is 14.4 Å². The fourth-order valence-electron chi connectivity index (χ4n) is 2.79. The number of benzene rings is 2. The molecule has 2 amide bonds. The summed E-state index contributed by atoms with van der Waals surface area (Å²) in [4.78, 5) is 38.0. The molecule has 0 bridgehead atoms. The van der Waals surface area contributed by atoms with Gasteiger partial charge in [-0.3, -0.25) is 19.8 Å². The second-order valence-electron chi connectivity index (χ2n) is 7.72. The van der Waals surface area contributed by atoms with Gasteiger partial charge in [-0.25, -0.2) is 4.79 Å². The fourth-order valence-corrected chi connectivity index (χ4v) is 2.79. The molecule has 0 fully saturated rings. The molecule has 2 aromatic rings. The Morgan fingerprint density at radius 1 is 1.13 bits per heavy atom. The van der Waals surface area contributed by atoms with E-state index < -0.39 is 17.7 Å². The first-order valence-corrected chi connectivity index (χ1v) is 9.48. The van der Waals surface area contributed by atoms with E-state index >= 15 is 0 Å². The van der Waals surface area contributed by atoms with Crippen LogP contribution in [0.15, 0.2) is 48.5 Å². The van der Waals surface area contributed by atoms with Crippen molar-refractivity contribution in [1.29, 1.82) is 0 Å². The van der Waals surface area contributed by atoms with Crippen molar-refractivity contribution in [3.63, 3.8) is 0 Å². The van der Waals surface area contributed by atoms with Gasteiger partial charge in [-0.2, -0.15) is 0 Å². The molecule has 0 unspecified atom stereocenters. The van der Waals surface area contributed by atoms with E-state index in [1.807, 2.05) is 30.3 Å². The zero-order chi connectivity index (χ0) is 21.7. The van der Waals surface area contributed by atoms with Crippen LogP contribution in [0, 0.1) is 0 Å². The predicted molar refractivity (Wildman–Crippen MR) is 110 cm³/mol. The lowest BCUT2D eigenvalue weighted by Gasteiger charge is -2.29. The van der Waals surface area contributed by atoms with Crippen molar-refractivity contribution in [3.05, 3.63) is 54.1 Å². The second-order valence-corrected chi connectivity index (χ2v) is 7.72. The molecule has 30 heavy (non-hydrogen) atoms. The third-order valence-corrected chi connectivity index (χ3v) is 4.08. The molecular formula is C22H24N2O6. The Morgan fingerprint density at radius 2 is 1.87 bits per heavy atom. The van der Waals surface area contributed by atoms with Crippen LogP contribution in [0.2, 0.25) is 0 Å². The van der Waals surface area contributed by atoms with Gasteiger partial charge in [-0.05, 0) is 44.5 Å². The van der Waals surface area contributed by atoms with E-state index in [-0.39, 0.29) is 25.7 Å². The zero-order valence-electron chi connectivity index (χ0n) is 17.1. The molecular weight excluding hydrogens is 388 g/mol. The summed E-state index contributed by atoms with van der Waals surface area (Å²) in [6.07, 6.45) is -0.626. The lowest BCUT2D eigenvalue weighted by molar-refractivity contribution is -0.144. The highest BCUT2D eigenvalue weighted by molar-refractivity contribution is 6.02. The van der Waals surface area contributed by atoms with Crippen molar-refractivity contribution in [2.75, 3.05) is 23.4 Å². The Bertz CT molecular complexity index is 936. The van der Waals surface area contributed by atoms with E-state index in [2.05, 4.69) is 5.32 Å². The van der Waals surface area contributed by atoms with Crippen LogP contribution in [-0.4, -0.2) is 36.7 Å². The van der Waals surface area contributed by atoms with E-state index in [1.54, 1.807) is 39.0 Å². The van der Waals surface area contributed by atoms with Gasteiger partial charge in [0.05, 0.1) is 5.69 Å². The fraction of sp³-hybridized carbons (Fsp3) is 0.318. The summed E-state index contributed by atoms with van der Waals surface area (Å²) in [7, 11) is 0. The van der Waals surface area contributed by atoms with E-state index in [4.69, 9.17) is 14.2 Å². The summed E-state index contributed by atoms with van der Waals surface area (Å²) in [6, 6.07) is 14.1. The molecule has 1 aliphatic rings. The Labute approximate surface area is 174 Å². The van der Waals surface area contributed by atoms with E-state index in [1.165, 1.54) is 4.90 Å². The van der Waals surface area contributed by atoms with Crippen LogP contribution in [0.5, 0.6) is 5.75 Å². The summed E-state index contributed by atoms with van der Waals surface area (Å²) in [6.45, 7) is 4.94. The average molecular weight is 412 g/mol. The monoisotopic (exact) mass is 412 g/mol. The molecule has 2 aromatic carbocycles. The molecule has 3 rings (SSSR count). The number of amides is 2. The number of carbonyl (C=O) groups excluding carboxylic acids is 3. The topological polar surface area (TPSA) is 94.2 Å². The normalized spacial score (nSPS) is 13.2. The number of hydrogen-bond acceptors (Lipinski definition) is 6. The lowest BCUT2D eigenvalue weighted by atomic mass is 10.2. The first kappa shape index (κ1) is 21.2. The number of nitrogens with zero attached hydrogens (tertiary/aromatic N) is 1. The van der Waals surface area contributed by atoms with Gasteiger partial charge in [0.2, 0.25) is 0 Å². The Morgan fingerprint density at radius 3 is 2.57 bits per heavy atom. The third kappa shape index (κ3) is 5.73. The molecule has 1 heterocycles. The number of hydrogen-bond donors (Lipinski definition) is 1. The minimum Gasteiger partial charge on any atom is -0.482 e. The van der Waals surface area contributed by atoms with Gasteiger partial charge in [0.15, 0.2) is 6.61 Å². The Balaban J connectivity index is 1.69. The molecule has 8 nitrogen and oxygen atoms in total. The Hall–Kier alpha value is -3.55. The smallest absolute Gasteiger partial charge is 0.412 e. The van der Waals surface area contributed by atoms with Gasteiger partial charge >= 0.3 is 12.1 Å². The molecule has 0 aromatic heterocycles. The number of anilines is 2. The third-order valence-electron chi connectivity index (χ3n) is 4.08. The van der Waals surface area contributed by atoms with Gasteiger partial charge in [-0.15, -0.1) is 0 Å². The molecule has 1 aliphatic heterocycles. The zero-order valence-corrected chi connectivity index (χ0v) is 17.1. The number of ether oxygens (including phenoxy) is 3. The predicted octanol–water partition coefficient (Wildman–Crippen LogP) is 3.50. The maximum absolute atomic E-state index is 12.4. The van der Waals surface area contributed by atoms with Crippen LogP contribution in [-0.2, 0) is 25.7 Å². The minimum atomic E-state index is -0.647. The molecule has 0 atom stereocenters. The maximum Gasteiger partial charge on any atom is 0.412 e. The summed E-state index contributed by atoms with van der Waals surface area (Å²) >= 11 is 0. The molecule has 158 valence electrons. The average Bonchev–Trinajstić information content (AvgIpc) is 2.68. The SMILES string of the molecule is CC(C)(C)OC(=O)Nc1ccc2c(c1)N(CC(=O)OCc1ccccc1)C(=O)CO2. The van der Waals surface area contributed by atoms with Crippen LogP contribution in [0.25, 0.3) is 0 Å². The van der Waals surface area contributed by atoms with Crippen LogP contribution in [0.4, 0.5) is 16.2 Å². The van der Waals surface area contributed by atoms with Crippen molar-refractivity contribution in [3.8, 4) is 5.75 Å². The van der Waals surface area contributed by atoms with Crippen molar-refractivity contribution in [2.24, 2.45) is 0 Å². The van der Waals surface area contributed by atoms with Crippen LogP contribution >= 0.6 is 0 Å². The van der Waals surface area contributed by atoms with Crippen molar-refractivity contribution < 1.29 is 28.6 Å². The van der Waals surface area contributed by atoms with Crippen LogP contribution in [0.3, 0.4) is 0 Å². The van der Waals surface area contributed by atoms with E-state index in [0.29, 0.717) is 17.1 Å². The number of fused-ring (bicyclic) bond motifs is 1. The molecule has 0 saturated heterocycles.